The van der Waals surface area contributed by atoms with Gasteiger partial charge in [-0.2, -0.15) is 0 Å². The van der Waals surface area contributed by atoms with Crippen molar-refractivity contribution in [1.82, 2.24) is 9.88 Å². The summed E-state index contributed by atoms with van der Waals surface area (Å²) in [6.07, 6.45) is 0. The first-order chi connectivity index (χ1) is 15.1. The van der Waals surface area contributed by atoms with E-state index in [0.717, 1.165) is 43.1 Å². The van der Waals surface area contributed by atoms with Gasteiger partial charge >= 0.3 is 0 Å². The lowest BCUT2D eigenvalue weighted by molar-refractivity contribution is 0.0342. The summed E-state index contributed by atoms with van der Waals surface area (Å²) in [6, 6.07) is 9.45. The molecule has 164 valence electrons. The van der Waals surface area contributed by atoms with Gasteiger partial charge in [-0.1, -0.05) is 17.4 Å². The number of hydrogen-bond acceptors (Lipinski definition) is 8. The van der Waals surface area contributed by atoms with E-state index in [-0.39, 0.29) is 5.91 Å². The summed E-state index contributed by atoms with van der Waals surface area (Å²) in [5.74, 6) is 0.981. The van der Waals surface area contributed by atoms with Crippen LogP contribution in [0.15, 0.2) is 30.3 Å². The maximum Gasteiger partial charge on any atom is 0.257 e. The van der Waals surface area contributed by atoms with Crippen LogP contribution in [-0.4, -0.2) is 63.4 Å². The molecule has 1 aliphatic rings. The number of rotatable bonds is 7. The third kappa shape index (κ3) is 4.73. The Labute approximate surface area is 184 Å². The molecule has 1 saturated heterocycles. The number of anilines is 1. The third-order valence-electron chi connectivity index (χ3n) is 5.11. The van der Waals surface area contributed by atoms with Gasteiger partial charge in [-0.15, -0.1) is 0 Å². The Kier molecular flexibility index (Phi) is 6.55. The average molecular weight is 444 g/mol. The van der Waals surface area contributed by atoms with Crippen LogP contribution >= 0.6 is 11.3 Å². The van der Waals surface area contributed by atoms with Gasteiger partial charge in [0.25, 0.3) is 5.91 Å². The predicted molar refractivity (Wildman–Crippen MR) is 120 cm³/mol. The Morgan fingerprint density at radius 3 is 2.45 bits per heavy atom. The standard InChI is InChI=1S/C22H25N3O5S/c1-27-17-11-15(12-18(28-2)20(17)29-3)21(26)24-22-23-16-5-4-14(10-19(16)31-22)13-25-6-8-30-9-7-25/h4-5,10-12H,6-9,13H2,1-3H3,(H,23,24,26). The van der Waals surface area contributed by atoms with Crippen molar-refractivity contribution in [1.29, 1.82) is 0 Å². The molecule has 2 aromatic carbocycles. The molecule has 0 radical (unpaired) electrons. The molecule has 4 rings (SSSR count). The van der Waals surface area contributed by atoms with Gasteiger partial charge in [-0.3, -0.25) is 15.0 Å². The van der Waals surface area contributed by atoms with Crippen LogP contribution in [0.25, 0.3) is 10.2 Å². The zero-order chi connectivity index (χ0) is 21.8. The second-order valence-electron chi connectivity index (χ2n) is 7.08. The Morgan fingerprint density at radius 2 is 1.81 bits per heavy atom. The quantitative estimate of drug-likeness (QED) is 0.599. The van der Waals surface area contributed by atoms with Crippen molar-refractivity contribution >= 4 is 32.6 Å². The van der Waals surface area contributed by atoms with E-state index in [2.05, 4.69) is 27.3 Å². The molecule has 0 bridgehead atoms. The Morgan fingerprint density at radius 1 is 1.10 bits per heavy atom. The summed E-state index contributed by atoms with van der Waals surface area (Å²) in [5.41, 5.74) is 2.47. The van der Waals surface area contributed by atoms with Gasteiger partial charge < -0.3 is 18.9 Å². The monoisotopic (exact) mass is 443 g/mol. The van der Waals surface area contributed by atoms with E-state index in [1.807, 2.05) is 6.07 Å². The van der Waals surface area contributed by atoms with Crippen molar-refractivity contribution in [3.8, 4) is 17.2 Å². The highest BCUT2D eigenvalue weighted by Crippen LogP contribution is 2.38. The summed E-state index contributed by atoms with van der Waals surface area (Å²) in [7, 11) is 4.55. The van der Waals surface area contributed by atoms with Gasteiger partial charge in [0.05, 0.1) is 44.8 Å². The lowest BCUT2D eigenvalue weighted by atomic mass is 10.1. The highest BCUT2D eigenvalue weighted by atomic mass is 32.1. The Hall–Kier alpha value is -2.88. The van der Waals surface area contributed by atoms with Gasteiger partial charge in [0.15, 0.2) is 16.6 Å². The largest absolute Gasteiger partial charge is 0.493 e. The van der Waals surface area contributed by atoms with Gasteiger partial charge in [0.1, 0.15) is 0 Å². The van der Waals surface area contributed by atoms with Crippen molar-refractivity contribution in [3.63, 3.8) is 0 Å². The fraction of sp³-hybridized carbons (Fsp3) is 0.364. The van der Waals surface area contributed by atoms with E-state index >= 15 is 0 Å². The lowest BCUT2D eigenvalue weighted by Crippen LogP contribution is -2.35. The minimum Gasteiger partial charge on any atom is -0.493 e. The van der Waals surface area contributed by atoms with Crippen LogP contribution in [-0.2, 0) is 11.3 Å². The SMILES string of the molecule is COc1cc(C(=O)Nc2nc3ccc(CN4CCOCC4)cc3s2)cc(OC)c1OC. The second-order valence-corrected chi connectivity index (χ2v) is 8.11. The first-order valence-corrected chi connectivity index (χ1v) is 10.7. The zero-order valence-electron chi connectivity index (χ0n) is 17.8. The highest BCUT2D eigenvalue weighted by molar-refractivity contribution is 7.22. The molecule has 0 aliphatic carbocycles. The number of ether oxygens (including phenoxy) is 4. The van der Waals surface area contributed by atoms with Crippen LogP contribution in [0.1, 0.15) is 15.9 Å². The van der Waals surface area contributed by atoms with Crippen molar-refractivity contribution < 1.29 is 23.7 Å². The van der Waals surface area contributed by atoms with E-state index in [1.54, 1.807) is 12.1 Å². The number of carbonyl (C=O) groups is 1. The van der Waals surface area contributed by atoms with Crippen LogP contribution < -0.4 is 19.5 Å². The van der Waals surface area contributed by atoms with Crippen molar-refractivity contribution in [2.24, 2.45) is 0 Å². The van der Waals surface area contributed by atoms with Crippen LogP contribution in [0.5, 0.6) is 17.2 Å². The summed E-state index contributed by atoms with van der Waals surface area (Å²) in [5, 5.41) is 3.42. The van der Waals surface area contributed by atoms with Gasteiger partial charge in [0, 0.05) is 25.2 Å². The van der Waals surface area contributed by atoms with Crippen LogP contribution in [0.4, 0.5) is 5.13 Å². The average Bonchev–Trinajstić information content (AvgIpc) is 3.20. The number of benzene rings is 2. The fourth-order valence-electron chi connectivity index (χ4n) is 3.52. The first kappa shape index (κ1) is 21.4. The molecule has 0 atom stereocenters. The molecular weight excluding hydrogens is 418 g/mol. The number of amides is 1. The summed E-state index contributed by atoms with van der Waals surface area (Å²) < 4.78 is 22.4. The molecule has 0 saturated carbocycles. The Bertz CT molecular complexity index is 1050. The molecule has 1 fully saturated rings. The van der Waals surface area contributed by atoms with Crippen LogP contribution in [0.2, 0.25) is 0 Å². The molecule has 1 aliphatic heterocycles. The minimum absolute atomic E-state index is 0.299. The number of hydrogen-bond donors (Lipinski definition) is 1. The normalized spacial score (nSPS) is 14.4. The molecule has 1 aromatic heterocycles. The van der Waals surface area contributed by atoms with E-state index in [4.69, 9.17) is 18.9 Å². The Balaban J connectivity index is 1.52. The number of methoxy groups -OCH3 is 3. The topological polar surface area (TPSA) is 82.2 Å². The number of thiazole rings is 1. The summed E-state index contributed by atoms with van der Waals surface area (Å²) >= 11 is 1.45. The third-order valence-corrected chi connectivity index (χ3v) is 6.04. The molecule has 0 spiro atoms. The predicted octanol–water partition coefficient (Wildman–Crippen LogP) is 3.41. The number of carbonyl (C=O) groups excluding carboxylic acids is 1. The van der Waals surface area contributed by atoms with Crippen molar-refractivity contribution in [2.75, 3.05) is 52.9 Å². The molecule has 1 N–H and O–H groups in total. The molecule has 9 heteroatoms. The van der Waals surface area contributed by atoms with Crippen LogP contribution in [0.3, 0.4) is 0 Å². The summed E-state index contributed by atoms with van der Waals surface area (Å²) in [4.78, 5) is 19.8. The number of aromatic nitrogens is 1. The number of nitrogens with zero attached hydrogens (tertiary/aromatic N) is 2. The first-order valence-electron chi connectivity index (χ1n) is 9.92. The molecule has 31 heavy (non-hydrogen) atoms. The smallest absolute Gasteiger partial charge is 0.257 e. The number of fused-ring (bicyclic) bond motifs is 1. The lowest BCUT2D eigenvalue weighted by Gasteiger charge is -2.26. The molecule has 3 aromatic rings. The maximum absolute atomic E-state index is 12.8. The fourth-order valence-corrected chi connectivity index (χ4v) is 4.44. The van der Waals surface area contributed by atoms with Crippen molar-refractivity contribution in [2.45, 2.75) is 6.54 Å². The van der Waals surface area contributed by atoms with Gasteiger partial charge in [-0.05, 0) is 29.8 Å². The van der Waals surface area contributed by atoms with E-state index in [1.165, 1.54) is 38.2 Å². The number of morpholine rings is 1. The number of nitrogens with one attached hydrogen (secondary N) is 1. The van der Waals surface area contributed by atoms with E-state index in [0.29, 0.717) is 27.9 Å². The zero-order valence-corrected chi connectivity index (χ0v) is 18.6. The van der Waals surface area contributed by atoms with E-state index < -0.39 is 0 Å². The maximum atomic E-state index is 12.8. The molecule has 8 nitrogen and oxygen atoms in total. The minimum atomic E-state index is -0.299. The molecule has 0 unspecified atom stereocenters. The van der Waals surface area contributed by atoms with Gasteiger partial charge in [0.2, 0.25) is 5.75 Å². The highest BCUT2D eigenvalue weighted by Gasteiger charge is 2.18. The molecule has 1 amide bonds. The van der Waals surface area contributed by atoms with E-state index in [9.17, 15) is 4.79 Å². The molecule has 2 heterocycles. The van der Waals surface area contributed by atoms with Crippen molar-refractivity contribution in [3.05, 3.63) is 41.5 Å². The van der Waals surface area contributed by atoms with Crippen LogP contribution in [0, 0.1) is 0 Å². The molecular formula is C22H25N3O5S. The second kappa shape index (κ2) is 9.51. The van der Waals surface area contributed by atoms with Gasteiger partial charge in [-0.25, -0.2) is 4.98 Å². The summed E-state index contributed by atoms with van der Waals surface area (Å²) in [6.45, 7) is 4.32.